The Hall–Kier alpha value is -2.61. The van der Waals surface area contributed by atoms with E-state index in [0.717, 1.165) is 15.6 Å². The molecule has 7 nitrogen and oxygen atoms in total. The number of rotatable bonds is 6. The van der Waals surface area contributed by atoms with Gasteiger partial charge in [-0.25, -0.2) is 9.59 Å². The quantitative estimate of drug-likeness (QED) is 0.683. The lowest BCUT2D eigenvalue weighted by Gasteiger charge is -2.29. The van der Waals surface area contributed by atoms with E-state index in [-0.39, 0.29) is 6.42 Å². The molecule has 0 aliphatic heterocycles. The van der Waals surface area contributed by atoms with Crippen LogP contribution >= 0.6 is 11.3 Å². The Morgan fingerprint density at radius 3 is 2.39 bits per heavy atom. The molecule has 0 saturated carbocycles. The van der Waals surface area contributed by atoms with Gasteiger partial charge in [-0.1, -0.05) is 18.2 Å². The molecule has 0 unspecified atom stereocenters. The Balaban J connectivity index is 2.09. The lowest BCUT2D eigenvalue weighted by atomic mass is 10.0. The first-order valence-electron chi connectivity index (χ1n) is 8.89. The highest BCUT2D eigenvalue weighted by Crippen LogP contribution is 2.26. The van der Waals surface area contributed by atoms with Gasteiger partial charge in [0.05, 0.1) is 0 Å². The van der Waals surface area contributed by atoms with Crippen molar-refractivity contribution in [2.24, 2.45) is 0 Å². The number of ether oxygens (including phenoxy) is 1. The molecule has 0 bridgehead atoms. The number of thiophene rings is 1. The van der Waals surface area contributed by atoms with Crippen LogP contribution in [0.25, 0.3) is 10.1 Å². The Morgan fingerprint density at radius 2 is 1.79 bits per heavy atom. The number of carbonyl (C=O) groups excluding carboxylic acids is 2. The van der Waals surface area contributed by atoms with Crippen LogP contribution in [0.1, 0.15) is 40.2 Å². The smallest absolute Gasteiger partial charge is 0.408 e. The van der Waals surface area contributed by atoms with Gasteiger partial charge in [-0.15, -0.1) is 11.3 Å². The van der Waals surface area contributed by atoms with Crippen molar-refractivity contribution in [2.75, 3.05) is 0 Å². The topological polar surface area (TPSA) is 105 Å². The fourth-order valence-electron chi connectivity index (χ4n) is 2.57. The highest BCUT2D eigenvalue weighted by molar-refractivity contribution is 7.17. The molecule has 0 aliphatic rings. The van der Waals surface area contributed by atoms with Crippen molar-refractivity contribution in [3.63, 3.8) is 0 Å². The number of carboxylic acid groups (broad SMARTS) is 1. The van der Waals surface area contributed by atoms with Gasteiger partial charge >= 0.3 is 12.1 Å². The zero-order valence-electron chi connectivity index (χ0n) is 16.7. The van der Waals surface area contributed by atoms with Crippen molar-refractivity contribution in [1.29, 1.82) is 0 Å². The van der Waals surface area contributed by atoms with E-state index in [0.29, 0.717) is 0 Å². The summed E-state index contributed by atoms with van der Waals surface area (Å²) in [6, 6.07) is 6.58. The van der Waals surface area contributed by atoms with Gasteiger partial charge in [0.1, 0.15) is 17.2 Å². The van der Waals surface area contributed by atoms with E-state index in [1.165, 1.54) is 25.2 Å². The van der Waals surface area contributed by atoms with Gasteiger partial charge in [0.2, 0.25) is 5.91 Å². The maximum absolute atomic E-state index is 12.6. The molecule has 1 aromatic heterocycles. The van der Waals surface area contributed by atoms with Crippen LogP contribution in [0.5, 0.6) is 0 Å². The van der Waals surface area contributed by atoms with Crippen LogP contribution in [0.2, 0.25) is 0 Å². The molecule has 0 fully saturated rings. The standard InChI is InChI=1S/C20H26N2O5S/c1-19(2,3)27-18(26)22-20(4,5)17(25)21-14(16(23)24)10-12-11-28-15-9-7-6-8-13(12)15/h6-9,11,14H,10H2,1-5H3,(H,21,25)(H,22,26)(H,23,24)/t14-/m1/s1. The van der Waals surface area contributed by atoms with Crippen LogP contribution in [0.3, 0.4) is 0 Å². The zero-order valence-corrected chi connectivity index (χ0v) is 17.5. The largest absolute Gasteiger partial charge is 0.480 e. The third kappa shape index (κ3) is 5.69. The van der Waals surface area contributed by atoms with Crippen molar-refractivity contribution in [3.05, 3.63) is 35.2 Å². The summed E-state index contributed by atoms with van der Waals surface area (Å²) in [7, 11) is 0. The molecule has 28 heavy (non-hydrogen) atoms. The molecule has 152 valence electrons. The van der Waals surface area contributed by atoms with E-state index in [2.05, 4.69) is 10.6 Å². The number of hydrogen-bond donors (Lipinski definition) is 3. The average Bonchev–Trinajstić information content (AvgIpc) is 2.94. The molecule has 2 amide bonds. The molecule has 1 atom stereocenters. The van der Waals surface area contributed by atoms with Gasteiger partial charge in [-0.2, -0.15) is 0 Å². The molecule has 1 aromatic carbocycles. The fraction of sp³-hybridized carbons (Fsp3) is 0.450. The molecule has 8 heteroatoms. The van der Waals surface area contributed by atoms with Crippen LogP contribution in [-0.2, 0) is 20.7 Å². The predicted octanol–water partition coefficient (Wildman–Crippen LogP) is 3.32. The molecular weight excluding hydrogens is 380 g/mol. The maximum atomic E-state index is 12.6. The molecule has 2 aromatic rings. The van der Waals surface area contributed by atoms with E-state index < -0.39 is 35.2 Å². The maximum Gasteiger partial charge on any atom is 0.408 e. The lowest BCUT2D eigenvalue weighted by Crippen LogP contribution is -2.58. The zero-order chi connectivity index (χ0) is 21.1. The number of alkyl carbamates (subject to hydrolysis) is 1. The van der Waals surface area contributed by atoms with Gasteiger partial charge in [0, 0.05) is 11.1 Å². The molecule has 1 heterocycles. The number of amides is 2. The number of fused-ring (bicyclic) bond motifs is 1. The SMILES string of the molecule is CC(C)(C)OC(=O)NC(C)(C)C(=O)N[C@H](Cc1csc2ccccc12)C(=O)O. The number of hydrogen-bond acceptors (Lipinski definition) is 5. The van der Waals surface area contributed by atoms with Crippen molar-refractivity contribution >= 4 is 39.4 Å². The minimum absolute atomic E-state index is 0.146. The second kappa shape index (κ2) is 8.18. The van der Waals surface area contributed by atoms with Crippen molar-refractivity contribution in [2.45, 2.75) is 58.2 Å². The van der Waals surface area contributed by atoms with Crippen LogP contribution in [0.4, 0.5) is 4.79 Å². The number of nitrogens with one attached hydrogen (secondary N) is 2. The number of carboxylic acids is 1. The molecular formula is C20H26N2O5S. The summed E-state index contributed by atoms with van der Waals surface area (Å²) in [6.07, 6.45) is -0.600. The Labute approximate surface area is 168 Å². The van der Waals surface area contributed by atoms with Gasteiger partial charge < -0.3 is 20.5 Å². The molecule has 0 spiro atoms. The highest BCUT2D eigenvalue weighted by Gasteiger charge is 2.34. The third-order valence-corrected chi connectivity index (χ3v) is 4.98. The fourth-order valence-corrected chi connectivity index (χ4v) is 3.54. The van der Waals surface area contributed by atoms with Gasteiger partial charge in [-0.3, -0.25) is 4.79 Å². The molecule has 2 rings (SSSR count). The Kier molecular flexibility index (Phi) is 6.34. The van der Waals surface area contributed by atoms with Gasteiger partial charge in [-0.05, 0) is 57.0 Å². The summed E-state index contributed by atoms with van der Waals surface area (Å²) in [4.78, 5) is 36.3. The third-order valence-electron chi connectivity index (χ3n) is 3.97. The highest BCUT2D eigenvalue weighted by atomic mass is 32.1. The van der Waals surface area contributed by atoms with Crippen LogP contribution in [0, 0.1) is 0 Å². The summed E-state index contributed by atoms with van der Waals surface area (Å²) < 4.78 is 6.22. The van der Waals surface area contributed by atoms with E-state index >= 15 is 0 Å². The first-order chi connectivity index (χ1) is 12.9. The number of benzene rings is 1. The monoisotopic (exact) mass is 406 g/mol. The first kappa shape index (κ1) is 21.7. The molecule has 0 saturated heterocycles. The van der Waals surface area contributed by atoms with Crippen LogP contribution < -0.4 is 10.6 Å². The molecule has 3 N–H and O–H groups in total. The van der Waals surface area contributed by atoms with Crippen molar-refractivity contribution in [3.8, 4) is 0 Å². The minimum atomic E-state index is -1.34. The second-order valence-electron chi connectivity index (χ2n) is 8.08. The van der Waals surface area contributed by atoms with Crippen molar-refractivity contribution < 1.29 is 24.2 Å². The van der Waals surface area contributed by atoms with E-state index in [9.17, 15) is 19.5 Å². The summed E-state index contributed by atoms with van der Waals surface area (Å²) >= 11 is 1.53. The van der Waals surface area contributed by atoms with E-state index in [1.807, 2.05) is 29.6 Å². The Bertz CT molecular complexity index is 882. The predicted molar refractivity (Wildman–Crippen MR) is 109 cm³/mol. The second-order valence-corrected chi connectivity index (χ2v) is 8.99. The normalized spacial score (nSPS) is 13.0. The Morgan fingerprint density at radius 1 is 1.14 bits per heavy atom. The van der Waals surface area contributed by atoms with E-state index in [4.69, 9.17) is 4.74 Å². The number of aliphatic carboxylic acids is 1. The minimum Gasteiger partial charge on any atom is -0.480 e. The number of carbonyl (C=O) groups is 3. The van der Waals surface area contributed by atoms with Crippen molar-refractivity contribution in [1.82, 2.24) is 10.6 Å². The summed E-state index contributed by atoms with van der Waals surface area (Å²) in [5.41, 5.74) is -1.20. The van der Waals surface area contributed by atoms with Crippen LogP contribution in [0.15, 0.2) is 29.6 Å². The van der Waals surface area contributed by atoms with Gasteiger partial charge in [0.25, 0.3) is 0 Å². The van der Waals surface area contributed by atoms with Crippen LogP contribution in [-0.4, -0.2) is 40.3 Å². The lowest BCUT2D eigenvalue weighted by molar-refractivity contribution is -0.142. The van der Waals surface area contributed by atoms with E-state index in [1.54, 1.807) is 20.8 Å². The summed E-state index contributed by atoms with van der Waals surface area (Å²) in [5, 5.41) is 17.4. The summed E-state index contributed by atoms with van der Waals surface area (Å²) in [6.45, 7) is 8.12. The molecule has 0 aliphatic carbocycles. The van der Waals surface area contributed by atoms with Gasteiger partial charge in [0.15, 0.2) is 0 Å². The first-order valence-corrected chi connectivity index (χ1v) is 9.77. The summed E-state index contributed by atoms with van der Waals surface area (Å²) in [5.74, 6) is -1.75. The average molecular weight is 407 g/mol. The molecule has 0 radical (unpaired) electrons.